The molecule has 0 aliphatic carbocycles. The van der Waals surface area contributed by atoms with E-state index in [1.807, 2.05) is 0 Å². The highest BCUT2D eigenvalue weighted by Crippen LogP contribution is 2.20. The van der Waals surface area contributed by atoms with Crippen LogP contribution in [0.3, 0.4) is 0 Å². The number of hydrogen-bond donors (Lipinski definition) is 2. The molecular formula is C15H24BNO4. The lowest BCUT2D eigenvalue weighted by molar-refractivity contribution is -0.129. The Morgan fingerprint density at radius 1 is 1.33 bits per heavy atom. The number of ether oxygens (including phenoxy) is 2. The van der Waals surface area contributed by atoms with Gasteiger partial charge in [-0.25, -0.2) is 0 Å². The van der Waals surface area contributed by atoms with Crippen molar-refractivity contribution < 1.29 is 19.5 Å². The molecule has 5 nitrogen and oxygen atoms in total. The van der Waals surface area contributed by atoms with Crippen LogP contribution in [0.4, 0.5) is 0 Å². The molecule has 1 aliphatic heterocycles. The van der Waals surface area contributed by atoms with E-state index < -0.39 is 7.12 Å². The Morgan fingerprint density at radius 2 is 2.00 bits per heavy atom. The molecule has 116 valence electrons. The van der Waals surface area contributed by atoms with Gasteiger partial charge in [-0.15, -0.1) is 0 Å². The summed E-state index contributed by atoms with van der Waals surface area (Å²) in [4.78, 5) is 2.35. The van der Waals surface area contributed by atoms with E-state index in [2.05, 4.69) is 25.7 Å². The molecule has 6 heteroatoms. The quantitative estimate of drug-likeness (QED) is 0.762. The van der Waals surface area contributed by atoms with Crippen molar-refractivity contribution >= 4 is 12.6 Å². The Kier molecular flexibility index (Phi) is 5.27. The number of nitrogens with zero attached hydrogens (tertiary/aromatic N) is 1. The van der Waals surface area contributed by atoms with Gasteiger partial charge in [0.2, 0.25) is 0 Å². The Hall–Kier alpha value is -1.08. The number of morpholine rings is 1. The summed E-state index contributed by atoms with van der Waals surface area (Å²) in [5, 5.41) is 18.1. The lowest BCUT2D eigenvalue weighted by Crippen LogP contribution is -2.52. The summed E-state index contributed by atoms with van der Waals surface area (Å²) < 4.78 is 11.6. The van der Waals surface area contributed by atoms with Gasteiger partial charge in [0, 0.05) is 19.6 Å². The van der Waals surface area contributed by atoms with Crippen molar-refractivity contribution in [1.82, 2.24) is 4.90 Å². The molecule has 1 heterocycles. The van der Waals surface area contributed by atoms with Gasteiger partial charge in [-0.2, -0.15) is 0 Å². The van der Waals surface area contributed by atoms with Crippen LogP contribution in [0.2, 0.25) is 0 Å². The molecule has 1 unspecified atom stereocenters. The highest BCUT2D eigenvalue weighted by atomic mass is 16.5. The fraction of sp³-hybridized carbons (Fsp3) is 0.600. The van der Waals surface area contributed by atoms with Gasteiger partial charge in [-0.05, 0) is 38.4 Å². The van der Waals surface area contributed by atoms with E-state index in [0.29, 0.717) is 12.1 Å². The van der Waals surface area contributed by atoms with Gasteiger partial charge in [0.25, 0.3) is 0 Å². The van der Waals surface area contributed by atoms with Crippen LogP contribution in [0.15, 0.2) is 24.3 Å². The third-order valence-electron chi connectivity index (χ3n) is 3.49. The van der Waals surface area contributed by atoms with Crippen LogP contribution in [-0.4, -0.2) is 60.0 Å². The number of rotatable bonds is 5. The van der Waals surface area contributed by atoms with E-state index in [1.54, 1.807) is 24.3 Å². The normalized spacial score (nSPS) is 22.0. The zero-order chi connectivity index (χ0) is 15.5. The van der Waals surface area contributed by atoms with Crippen LogP contribution < -0.4 is 10.2 Å². The molecule has 0 radical (unpaired) electrons. The first-order valence-corrected chi connectivity index (χ1v) is 7.35. The molecule has 1 atom stereocenters. The zero-order valence-corrected chi connectivity index (χ0v) is 13.0. The van der Waals surface area contributed by atoms with Crippen molar-refractivity contribution in [2.75, 3.05) is 26.2 Å². The Morgan fingerprint density at radius 3 is 2.57 bits per heavy atom. The van der Waals surface area contributed by atoms with E-state index in [9.17, 15) is 0 Å². The van der Waals surface area contributed by atoms with Gasteiger partial charge >= 0.3 is 7.12 Å². The third-order valence-corrected chi connectivity index (χ3v) is 3.49. The molecule has 0 bridgehead atoms. The standard InChI is InChI=1S/C15H24BNO4/c1-12-10-17(11-15(2,3)21-12)8-9-20-14-6-4-13(5-7-14)16(18)19/h4-7,12,18-19H,8-11H2,1-3H3. The first kappa shape index (κ1) is 16.3. The van der Waals surface area contributed by atoms with E-state index in [0.717, 1.165) is 25.4 Å². The Labute approximate surface area is 126 Å². The largest absolute Gasteiger partial charge is 0.492 e. The lowest BCUT2D eigenvalue weighted by Gasteiger charge is -2.41. The molecule has 1 fully saturated rings. The predicted octanol–water partition coefficient (Wildman–Crippen LogP) is 0.244. The molecule has 0 saturated carbocycles. The van der Waals surface area contributed by atoms with Crippen molar-refractivity contribution in [2.24, 2.45) is 0 Å². The van der Waals surface area contributed by atoms with Crippen molar-refractivity contribution in [3.8, 4) is 5.75 Å². The maximum atomic E-state index is 9.03. The first-order chi connectivity index (χ1) is 9.85. The SMILES string of the molecule is CC1CN(CCOc2ccc(B(O)O)cc2)CC(C)(C)O1. The second kappa shape index (κ2) is 6.79. The maximum absolute atomic E-state index is 9.03. The summed E-state index contributed by atoms with van der Waals surface area (Å²) in [6.45, 7) is 9.57. The molecule has 2 N–H and O–H groups in total. The van der Waals surface area contributed by atoms with Gasteiger partial charge in [0.05, 0.1) is 11.7 Å². The molecule has 1 aromatic rings. The summed E-state index contributed by atoms with van der Waals surface area (Å²) in [5.41, 5.74) is 0.349. The zero-order valence-electron chi connectivity index (χ0n) is 13.0. The van der Waals surface area contributed by atoms with Gasteiger partial charge in [0.15, 0.2) is 0 Å². The fourth-order valence-corrected chi connectivity index (χ4v) is 2.78. The van der Waals surface area contributed by atoms with Crippen molar-refractivity contribution in [2.45, 2.75) is 32.5 Å². The minimum absolute atomic E-state index is 0.115. The average molecular weight is 293 g/mol. The maximum Gasteiger partial charge on any atom is 0.488 e. The van der Waals surface area contributed by atoms with Crippen LogP contribution >= 0.6 is 0 Å². The summed E-state index contributed by atoms with van der Waals surface area (Å²) in [6.07, 6.45) is 0.235. The molecule has 1 saturated heterocycles. The van der Waals surface area contributed by atoms with Crippen molar-refractivity contribution in [1.29, 1.82) is 0 Å². The monoisotopic (exact) mass is 293 g/mol. The summed E-state index contributed by atoms with van der Waals surface area (Å²) in [6, 6.07) is 6.81. The van der Waals surface area contributed by atoms with Crippen molar-refractivity contribution in [3.63, 3.8) is 0 Å². The molecule has 0 aromatic heterocycles. The number of hydrogen-bond acceptors (Lipinski definition) is 5. The Bertz CT molecular complexity index is 449. The molecule has 1 aromatic carbocycles. The molecule has 0 amide bonds. The summed E-state index contributed by atoms with van der Waals surface area (Å²) in [7, 11) is -1.43. The molecular weight excluding hydrogens is 269 g/mol. The summed E-state index contributed by atoms with van der Waals surface area (Å²) >= 11 is 0. The van der Waals surface area contributed by atoms with Crippen molar-refractivity contribution in [3.05, 3.63) is 24.3 Å². The van der Waals surface area contributed by atoms with E-state index in [4.69, 9.17) is 19.5 Å². The van der Waals surface area contributed by atoms with Gasteiger partial charge in [-0.3, -0.25) is 4.90 Å². The van der Waals surface area contributed by atoms with Gasteiger partial charge in [-0.1, -0.05) is 12.1 Å². The minimum atomic E-state index is -1.43. The Balaban J connectivity index is 1.78. The lowest BCUT2D eigenvalue weighted by atomic mass is 9.80. The molecule has 2 rings (SSSR count). The molecule has 0 spiro atoms. The van der Waals surface area contributed by atoms with E-state index in [-0.39, 0.29) is 11.7 Å². The third kappa shape index (κ3) is 5.00. The van der Waals surface area contributed by atoms with E-state index in [1.165, 1.54) is 0 Å². The highest BCUT2D eigenvalue weighted by Gasteiger charge is 2.30. The minimum Gasteiger partial charge on any atom is -0.492 e. The van der Waals surface area contributed by atoms with E-state index >= 15 is 0 Å². The van der Waals surface area contributed by atoms with Crippen LogP contribution in [0.5, 0.6) is 5.75 Å². The van der Waals surface area contributed by atoms with Gasteiger partial charge in [0.1, 0.15) is 12.4 Å². The molecule has 1 aliphatic rings. The second-order valence-electron chi connectivity index (χ2n) is 6.21. The highest BCUT2D eigenvalue weighted by molar-refractivity contribution is 6.58. The number of benzene rings is 1. The fourth-order valence-electron chi connectivity index (χ4n) is 2.78. The molecule has 21 heavy (non-hydrogen) atoms. The predicted molar refractivity (Wildman–Crippen MR) is 82.8 cm³/mol. The van der Waals surface area contributed by atoms with Crippen LogP contribution in [0.1, 0.15) is 20.8 Å². The van der Waals surface area contributed by atoms with Crippen LogP contribution in [-0.2, 0) is 4.74 Å². The average Bonchev–Trinajstić information content (AvgIpc) is 2.37. The van der Waals surface area contributed by atoms with Crippen LogP contribution in [0.25, 0.3) is 0 Å². The van der Waals surface area contributed by atoms with Crippen LogP contribution in [0, 0.1) is 0 Å². The first-order valence-electron chi connectivity index (χ1n) is 7.35. The van der Waals surface area contributed by atoms with Gasteiger partial charge < -0.3 is 19.5 Å². The topological polar surface area (TPSA) is 62.2 Å². The summed E-state index contributed by atoms with van der Waals surface area (Å²) in [5.74, 6) is 0.736. The second-order valence-corrected chi connectivity index (χ2v) is 6.21. The smallest absolute Gasteiger partial charge is 0.488 e.